The van der Waals surface area contributed by atoms with Crippen LogP contribution in [0.2, 0.25) is 5.28 Å². The van der Waals surface area contributed by atoms with Crippen LogP contribution in [0.4, 0.5) is 51.7 Å². The van der Waals surface area contributed by atoms with Crippen LogP contribution >= 0.6 is 11.6 Å². The Morgan fingerprint density at radius 1 is 0.696 bits per heavy atom. The molecule has 0 unspecified atom stereocenters. The van der Waals surface area contributed by atoms with Crippen molar-refractivity contribution in [2.45, 2.75) is 30.6 Å². The lowest BCUT2D eigenvalue weighted by Gasteiger charge is -2.12. The summed E-state index contributed by atoms with van der Waals surface area (Å²) in [5.74, 6) is -0.693. The number of phenolic OH excluding ortho intramolecular Hbond substituents is 2. The number of rotatable bonds is 13. The Kier molecular flexibility index (Phi) is 11.4. The average molecular weight is 817 g/mol. The van der Waals surface area contributed by atoms with Crippen molar-refractivity contribution in [1.29, 1.82) is 0 Å². The van der Waals surface area contributed by atoms with Gasteiger partial charge in [-0.2, -0.15) is 23.4 Å². The molecule has 1 aromatic heterocycles. The first-order chi connectivity index (χ1) is 26.7. The molecule has 0 saturated heterocycles. The maximum Gasteiger partial charge on any atom is 0.296 e. The monoisotopic (exact) mass is 816 g/mol. The number of sulfone groups is 1. The maximum atomic E-state index is 12.4. The van der Waals surface area contributed by atoms with Crippen molar-refractivity contribution in [2.24, 2.45) is 20.5 Å². The summed E-state index contributed by atoms with van der Waals surface area (Å²) < 4.78 is 59.7. The molecule has 0 bridgehead atoms. The van der Waals surface area contributed by atoms with Gasteiger partial charge in [-0.25, -0.2) is 8.42 Å². The molecule has 56 heavy (non-hydrogen) atoms. The lowest BCUT2D eigenvalue weighted by atomic mass is 10.1. The highest BCUT2D eigenvalue weighted by atomic mass is 35.5. The fraction of sp³-hybridized carbons (Fsp3) is 0.139. The molecule has 17 nitrogen and oxygen atoms in total. The highest BCUT2D eigenvalue weighted by molar-refractivity contribution is 7.91. The zero-order valence-corrected chi connectivity index (χ0v) is 32.2. The summed E-state index contributed by atoms with van der Waals surface area (Å²) >= 11 is 6.15. The number of phenols is 2. The Morgan fingerprint density at radius 2 is 1.36 bits per heavy atom. The van der Waals surface area contributed by atoms with E-state index in [1.807, 2.05) is 25.1 Å². The molecule has 6 rings (SSSR count). The Bertz CT molecular complexity index is 2750. The van der Waals surface area contributed by atoms with Gasteiger partial charge in [-0.3, -0.25) is 4.55 Å². The number of benzene rings is 5. The van der Waals surface area contributed by atoms with Gasteiger partial charge in [-0.05, 0) is 91.7 Å². The summed E-state index contributed by atoms with van der Waals surface area (Å²) in [4.78, 5) is 11.9. The molecule has 5 aromatic carbocycles. The smallest absolute Gasteiger partial charge is 0.296 e. The highest BCUT2D eigenvalue weighted by Crippen LogP contribution is 2.44. The van der Waals surface area contributed by atoms with Crippen LogP contribution < -0.4 is 16.0 Å². The van der Waals surface area contributed by atoms with Crippen molar-refractivity contribution < 1.29 is 31.6 Å². The molecule has 0 aliphatic heterocycles. The molecule has 6 aromatic rings. The number of para-hydroxylation sites is 1. The van der Waals surface area contributed by atoms with Gasteiger partial charge in [0, 0.05) is 34.8 Å². The molecule has 1 heterocycles. The number of fused-ring (bicyclic) bond motifs is 1. The third-order valence-electron chi connectivity index (χ3n) is 8.13. The third-order valence-corrected chi connectivity index (χ3v) is 11.1. The van der Waals surface area contributed by atoms with E-state index in [4.69, 9.17) is 11.6 Å². The van der Waals surface area contributed by atoms with Crippen molar-refractivity contribution >= 4 is 94.0 Å². The number of hydrogen-bond acceptors (Lipinski definition) is 16. The molecule has 288 valence electrons. The minimum atomic E-state index is -4.78. The normalized spacial score (nSPS) is 12.1. The van der Waals surface area contributed by atoms with Gasteiger partial charge in [0.05, 0.1) is 16.3 Å². The van der Waals surface area contributed by atoms with Crippen molar-refractivity contribution in [1.82, 2.24) is 15.0 Å². The second-order valence-electron chi connectivity index (χ2n) is 12.0. The molecular weight excluding hydrogens is 784 g/mol. The van der Waals surface area contributed by atoms with Gasteiger partial charge in [-0.15, -0.1) is 20.5 Å². The molecule has 0 spiro atoms. The number of anilines is 5. The van der Waals surface area contributed by atoms with Crippen LogP contribution in [0.1, 0.15) is 19.4 Å². The molecule has 20 heteroatoms. The topological polar surface area (TPSA) is 253 Å². The van der Waals surface area contributed by atoms with E-state index >= 15 is 0 Å². The van der Waals surface area contributed by atoms with Crippen LogP contribution in [-0.4, -0.2) is 58.9 Å². The number of azo groups is 2. The molecule has 0 radical (unpaired) electrons. The summed E-state index contributed by atoms with van der Waals surface area (Å²) in [5.41, 5.74) is 1.79. The van der Waals surface area contributed by atoms with E-state index in [9.17, 15) is 31.6 Å². The van der Waals surface area contributed by atoms with E-state index in [2.05, 4.69) is 51.4 Å². The summed E-state index contributed by atoms with van der Waals surface area (Å²) in [5, 5.41) is 48.2. The number of nitrogens with one attached hydrogen (secondary N) is 3. The van der Waals surface area contributed by atoms with Crippen molar-refractivity contribution in [2.75, 3.05) is 28.2 Å². The second kappa shape index (κ2) is 16.2. The van der Waals surface area contributed by atoms with Crippen LogP contribution in [0.5, 0.6) is 11.5 Å². The molecule has 0 fully saturated rings. The number of aryl methyl sites for hydroxylation is 1. The number of aromatic hydroxyl groups is 2. The molecular formula is C36H33ClN10O7S2. The number of aromatic nitrogens is 3. The maximum absolute atomic E-state index is 12.4. The molecule has 6 N–H and O–H groups in total. The van der Waals surface area contributed by atoms with Crippen LogP contribution in [-0.2, 0) is 20.0 Å². The predicted octanol–water partition coefficient (Wildman–Crippen LogP) is 9.19. The highest BCUT2D eigenvalue weighted by Gasteiger charge is 2.20. The number of halogens is 1. The van der Waals surface area contributed by atoms with E-state index in [1.54, 1.807) is 37.3 Å². The van der Waals surface area contributed by atoms with Gasteiger partial charge in [-0.1, -0.05) is 25.1 Å². The summed E-state index contributed by atoms with van der Waals surface area (Å²) in [7, 11) is -8.37. The first kappa shape index (κ1) is 39.4. The summed E-state index contributed by atoms with van der Waals surface area (Å²) in [6.45, 7) is 5.40. The first-order valence-corrected chi connectivity index (χ1v) is 20.2. The lowest BCUT2D eigenvalue weighted by Crippen LogP contribution is -2.05. The third kappa shape index (κ3) is 8.81. The minimum absolute atomic E-state index is 0.0109. The molecule has 0 saturated carbocycles. The zero-order valence-electron chi connectivity index (χ0n) is 29.8. The first-order valence-electron chi connectivity index (χ1n) is 16.7. The minimum Gasteiger partial charge on any atom is -0.506 e. The van der Waals surface area contributed by atoms with E-state index in [1.165, 1.54) is 31.2 Å². The zero-order chi connectivity index (χ0) is 40.2. The van der Waals surface area contributed by atoms with Crippen molar-refractivity contribution in [3.63, 3.8) is 0 Å². The number of hydrogen-bond donors (Lipinski definition) is 6. The van der Waals surface area contributed by atoms with Crippen LogP contribution in [0, 0.1) is 6.92 Å². The van der Waals surface area contributed by atoms with Gasteiger partial charge < -0.3 is 26.2 Å². The Morgan fingerprint density at radius 3 is 2.04 bits per heavy atom. The fourth-order valence-electron chi connectivity index (χ4n) is 5.46. The van der Waals surface area contributed by atoms with Gasteiger partial charge in [0.25, 0.3) is 10.1 Å². The van der Waals surface area contributed by atoms with E-state index in [-0.39, 0.29) is 67.4 Å². The van der Waals surface area contributed by atoms with Gasteiger partial charge >= 0.3 is 0 Å². The SMILES string of the molecule is CCNc1ccc2c(O)c(N=Nc3cc(C)c(S(=O)(=O)CC)cc3O)ccc2c1N=Nc1cc(Nc2nc(Cl)nc(Nc3ccccc3)n2)ccc1S(=O)(=O)O. The predicted molar refractivity (Wildman–Crippen MR) is 213 cm³/mol. The van der Waals surface area contributed by atoms with E-state index in [0.29, 0.717) is 28.9 Å². The van der Waals surface area contributed by atoms with Gasteiger partial charge in [0.1, 0.15) is 33.4 Å². The average Bonchev–Trinajstić information content (AvgIpc) is 3.15. The van der Waals surface area contributed by atoms with Crippen LogP contribution in [0.25, 0.3) is 10.8 Å². The molecule has 0 atom stereocenters. The second-order valence-corrected chi connectivity index (χ2v) is 15.9. The Hall–Kier alpha value is -6.28. The largest absolute Gasteiger partial charge is 0.506 e. The van der Waals surface area contributed by atoms with Crippen molar-refractivity contribution in [3.8, 4) is 11.5 Å². The Balaban J connectivity index is 1.35. The van der Waals surface area contributed by atoms with Gasteiger partial charge in [0.15, 0.2) is 15.6 Å². The van der Waals surface area contributed by atoms with Crippen LogP contribution in [0.15, 0.2) is 115 Å². The Labute approximate surface area is 326 Å². The van der Waals surface area contributed by atoms with Crippen LogP contribution in [0.3, 0.4) is 0 Å². The summed E-state index contributed by atoms with van der Waals surface area (Å²) in [6, 6.07) is 21.7. The number of nitrogens with zero attached hydrogens (tertiary/aromatic N) is 7. The molecule has 0 amide bonds. The quantitative estimate of drug-likeness (QED) is 0.0470. The van der Waals surface area contributed by atoms with E-state index < -0.39 is 30.6 Å². The molecule has 0 aliphatic carbocycles. The fourth-order valence-corrected chi connectivity index (χ4v) is 7.38. The molecule has 0 aliphatic rings. The standard InChI is InChI=1S/C36H33ClN10O7S2/c1-4-38-25-14-13-24-23(12-15-26(33(24)49)44-45-27-17-20(3)31(19-29(27)48)55(50,51)5-2)32(25)47-46-28-18-22(11-16-30(28)56(52,53)54)40-36-42-34(37)41-35(43-36)39-21-9-7-6-8-10-21/h6-19,38,48-49H,4-5H2,1-3H3,(H,52,53,54)(H2,39,40,41,42,43). The van der Waals surface area contributed by atoms with E-state index in [0.717, 1.165) is 12.1 Å². The summed E-state index contributed by atoms with van der Waals surface area (Å²) in [6.07, 6.45) is 0. The van der Waals surface area contributed by atoms with Gasteiger partial charge in [0.2, 0.25) is 17.2 Å². The lowest BCUT2D eigenvalue weighted by molar-refractivity contribution is 0.473. The van der Waals surface area contributed by atoms with Crippen molar-refractivity contribution in [3.05, 3.63) is 95.8 Å².